The third kappa shape index (κ3) is 5.18. The summed E-state index contributed by atoms with van der Waals surface area (Å²) in [7, 11) is -1.99. The summed E-state index contributed by atoms with van der Waals surface area (Å²) < 4.78 is 5.67. The molecule has 1 aliphatic rings. The zero-order valence-corrected chi connectivity index (χ0v) is 13.1. The van der Waals surface area contributed by atoms with Crippen LogP contribution in [0, 0.1) is 0 Å². The van der Waals surface area contributed by atoms with Gasteiger partial charge in [-0.05, 0) is 38.4 Å². The average molecular weight is 284 g/mol. The Kier molecular flexibility index (Phi) is 5.78. The first kappa shape index (κ1) is 16.0. The molecule has 0 spiro atoms. The fraction of sp³-hybridized carbons (Fsp3) is 0.714. The molecule has 0 aromatic carbocycles. The number of hydrogen-bond acceptors (Lipinski definition) is 3. The van der Waals surface area contributed by atoms with Crippen molar-refractivity contribution in [2.45, 2.75) is 64.1 Å². The van der Waals surface area contributed by atoms with Gasteiger partial charge < -0.3 is 9.53 Å². The van der Waals surface area contributed by atoms with Crippen molar-refractivity contribution in [3.63, 3.8) is 0 Å². The SMILES string of the molecule is CC(=CCC(=O)O[Si](C)(C)C1CCCCC1)C(=O)O. The van der Waals surface area contributed by atoms with Gasteiger partial charge >= 0.3 is 5.97 Å². The molecule has 0 saturated heterocycles. The first-order valence-corrected chi connectivity index (χ1v) is 9.93. The first-order chi connectivity index (χ1) is 8.83. The molecule has 0 aliphatic heterocycles. The summed E-state index contributed by atoms with van der Waals surface area (Å²) in [4.78, 5) is 22.4. The van der Waals surface area contributed by atoms with Crippen LogP contribution in [-0.2, 0) is 14.0 Å². The van der Waals surface area contributed by atoms with Crippen molar-refractivity contribution in [1.29, 1.82) is 0 Å². The number of carbonyl (C=O) groups is 2. The predicted octanol–water partition coefficient (Wildman–Crippen LogP) is 3.49. The molecule has 0 unspecified atom stereocenters. The Labute approximate surface area is 116 Å². The lowest BCUT2D eigenvalue weighted by atomic mass is 10.0. The van der Waals surface area contributed by atoms with Gasteiger partial charge in [0, 0.05) is 5.57 Å². The largest absolute Gasteiger partial charge is 0.519 e. The van der Waals surface area contributed by atoms with Crippen molar-refractivity contribution < 1.29 is 19.1 Å². The first-order valence-electron chi connectivity index (χ1n) is 6.95. The van der Waals surface area contributed by atoms with Crippen LogP contribution in [0.1, 0.15) is 45.4 Å². The van der Waals surface area contributed by atoms with E-state index in [0.29, 0.717) is 5.54 Å². The van der Waals surface area contributed by atoms with Gasteiger partial charge in [-0.3, -0.25) is 4.79 Å². The van der Waals surface area contributed by atoms with Crippen LogP contribution in [0.15, 0.2) is 11.6 Å². The van der Waals surface area contributed by atoms with Crippen molar-refractivity contribution in [3.8, 4) is 0 Å². The summed E-state index contributed by atoms with van der Waals surface area (Å²) in [5.41, 5.74) is 0.740. The van der Waals surface area contributed by atoms with E-state index in [1.54, 1.807) is 0 Å². The standard InChI is InChI=1S/C14H24O4Si/c1-11(14(16)17)9-10-13(15)18-19(2,3)12-7-5-4-6-8-12/h9,12H,4-8,10H2,1-3H3,(H,16,17). The fourth-order valence-corrected chi connectivity index (χ4v) is 5.18. The second-order valence-corrected chi connectivity index (χ2v) is 10.0. The summed E-state index contributed by atoms with van der Waals surface area (Å²) in [5.74, 6) is -1.28. The van der Waals surface area contributed by atoms with Crippen LogP contribution in [0.4, 0.5) is 0 Å². The smallest absolute Gasteiger partial charge is 0.330 e. The third-order valence-corrected chi connectivity index (χ3v) is 7.17. The Morgan fingerprint density at radius 3 is 2.37 bits per heavy atom. The van der Waals surface area contributed by atoms with Crippen LogP contribution in [0.2, 0.25) is 18.6 Å². The van der Waals surface area contributed by atoms with Crippen LogP contribution in [-0.4, -0.2) is 25.4 Å². The van der Waals surface area contributed by atoms with Crippen LogP contribution in [0.5, 0.6) is 0 Å². The van der Waals surface area contributed by atoms with E-state index >= 15 is 0 Å². The molecule has 1 aliphatic carbocycles. The molecule has 0 bridgehead atoms. The van der Waals surface area contributed by atoms with Gasteiger partial charge in [0.05, 0.1) is 6.42 Å². The molecule has 1 fully saturated rings. The zero-order chi connectivity index (χ0) is 14.5. The minimum Gasteiger partial charge on any atom is -0.519 e. The molecular formula is C14H24O4Si. The van der Waals surface area contributed by atoms with Crippen molar-refractivity contribution in [3.05, 3.63) is 11.6 Å². The molecule has 0 amide bonds. The number of aliphatic carboxylic acids is 1. The summed E-state index contributed by atoms with van der Waals surface area (Å²) >= 11 is 0. The second-order valence-electron chi connectivity index (χ2n) is 5.81. The van der Waals surface area contributed by atoms with Gasteiger partial charge in [0.2, 0.25) is 0 Å². The lowest BCUT2D eigenvalue weighted by Crippen LogP contribution is -2.39. The lowest BCUT2D eigenvalue weighted by molar-refractivity contribution is -0.134. The van der Waals surface area contributed by atoms with Crippen LogP contribution >= 0.6 is 0 Å². The number of carboxylic acid groups (broad SMARTS) is 1. The van der Waals surface area contributed by atoms with E-state index in [1.165, 1.54) is 32.3 Å². The van der Waals surface area contributed by atoms with Gasteiger partial charge in [-0.25, -0.2) is 4.79 Å². The maximum Gasteiger partial charge on any atom is 0.330 e. The maximum atomic E-state index is 11.8. The molecule has 0 radical (unpaired) electrons. The highest BCUT2D eigenvalue weighted by atomic mass is 28.4. The molecule has 0 heterocycles. The van der Waals surface area contributed by atoms with E-state index in [1.807, 2.05) is 0 Å². The molecule has 1 saturated carbocycles. The molecule has 4 nitrogen and oxygen atoms in total. The Balaban J connectivity index is 2.50. The van der Waals surface area contributed by atoms with Crippen molar-refractivity contribution >= 4 is 20.3 Å². The molecule has 108 valence electrons. The van der Waals surface area contributed by atoms with Crippen molar-refractivity contribution in [1.82, 2.24) is 0 Å². The summed E-state index contributed by atoms with van der Waals surface area (Å²) in [6.45, 7) is 5.67. The van der Waals surface area contributed by atoms with Gasteiger partial charge in [0.25, 0.3) is 14.3 Å². The number of carbonyl (C=O) groups excluding carboxylic acids is 1. The van der Waals surface area contributed by atoms with Crippen LogP contribution in [0.25, 0.3) is 0 Å². The Morgan fingerprint density at radius 2 is 1.84 bits per heavy atom. The second kappa shape index (κ2) is 6.89. The quantitative estimate of drug-likeness (QED) is 0.620. The van der Waals surface area contributed by atoms with Crippen LogP contribution < -0.4 is 0 Å². The van der Waals surface area contributed by atoms with E-state index in [9.17, 15) is 9.59 Å². The maximum absolute atomic E-state index is 11.8. The van der Waals surface area contributed by atoms with Gasteiger partial charge in [-0.1, -0.05) is 25.3 Å². The predicted molar refractivity (Wildman–Crippen MR) is 76.4 cm³/mol. The number of hydrogen-bond donors (Lipinski definition) is 1. The van der Waals surface area contributed by atoms with Gasteiger partial charge in [0.15, 0.2) is 0 Å². The summed E-state index contributed by atoms with van der Waals surface area (Å²) in [6.07, 6.45) is 7.56. The monoisotopic (exact) mass is 284 g/mol. The Hall–Kier alpha value is -1.10. The zero-order valence-electron chi connectivity index (χ0n) is 12.1. The highest BCUT2D eigenvalue weighted by Gasteiger charge is 2.37. The summed E-state index contributed by atoms with van der Waals surface area (Å²) in [6, 6.07) is 0. The molecule has 0 aromatic rings. The highest BCUT2D eigenvalue weighted by molar-refractivity contribution is 6.74. The lowest BCUT2D eigenvalue weighted by Gasteiger charge is -2.34. The van der Waals surface area contributed by atoms with Gasteiger partial charge in [0.1, 0.15) is 0 Å². The Bertz CT molecular complexity index is 368. The summed E-state index contributed by atoms with van der Waals surface area (Å²) in [5, 5.41) is 8.72. The van der Waals surface area contributed by atoms with E-state index < -0.39 is 14.3 Å². The Morgan fingerprint density at radius 1 is 1.26 bits per heavy atom. The van der Waals surface area contributed by atoms with Crippen molar-refractivity contribution in [2.24, 2.45) is 0 Å². The number of carboxylic acids is 1. The molecule has 1 rings (SSSR count). The van der Waals surface area contributed by atoms with Crippen molar-refractivity contribution in [2.75, 3.05) is 0 Å². The molecule has 5 heteroatoms. The van der Waals surface area contributed by atoms with E-state index in [0.717, 1.165) is 12.8 Å². The fourth-order valence-electron chi connectivity index (χ4n) is 2.54. The van der Waals surface area contributed by atoms with E-state index in [-0.39, 0.29) is 18.0 Å². The molecule has 19 heavy (non-hydrogen) atoms. The topological polar surface area (TPSA) is 63.6 Å². The minimum atomic E-state index is -1.99. The normalized spacial score (nSPS) is 18.2. The van der Waals surface area contributed by atoms with Crippen LogP contribution in [0.3, 0.4) is 0 Å². The molecule has 1 N–H and O–H groups in total. The van der Waals surface area contributed by atoms with E-state index in [2.05, 4.69) is 13.1 Å². The number of rotatable bonds is 5. The highest BCUT2D eigenvalue weighted by Crippen LogP contribution is 2.37. The third-order valence-electron chi connectivity index (χ3n) is 3.88. The van der Waals surface area contributed by atoms with E-state index in [4.69, 9.17) is 9.53 Å². The average Bonchev–Trinajstić information content (AvgIpc) is 2.36. The molecular weight excluding hydrogens is 260 g/mol. The minimum absolute atomic E-state index is 0.0568. The van der Waals surface area contributed by atoms with Gasteiger partial charge in [-0.15, -0.1) is 0 Å². The van der Waals surface area contributed by atoms with Gasteiger partial charge in [-0.2, -0.15) is 0 Å². The molecule has 0 atom stereocenters. The molecule has 0 aromatic heterocycles.